The van der Waals surface area contributed by atoms with E-state index in [1.165, 1.54) is 0 Å². The van der Waals surface area contributed by atoms with Crippen LogP contribution in [0.4, 0.5) is 11.4 Å². The molecule has 0 spiro atoms. The fourth-order valence-electron chi connectivity index (χ4n) is 1.48. The SMILES string of the molecule is C(=CNc1ccccc1)CNc1ccccc1.Cl. The molecule has 2 N–H and O–H groups in total. The molecule has 0 bridgehead atoms. The molecule has 0 unspecified atom stereocenters. The molecule has 0 aliphatic rings. The van der Waals surface area contributed by atoms with Crippen molar-refractivity contribution in [2.24, 2.45) is 0 Å². The zero-order chi connectivity index (χ0) is 11.8. The van der Waals surface area contributed by atoms with Crippen molar-refractivity contribution in [2.45, 2.75) is 0 Å². The van der Waals surface area contributed by atoms with Crippen LogP contribution in [-0.4, -0.2) is 6.54 Å². The van der Waals surface area contributed by atoms with E-state index in [-0.39, 0.29) is 12.4 Å². The predicted molar refractivity (Wildman–Crippen MR) is 81.4 cm³/mol. The van der Waals surface area contributed by atoms with Crippen molar-refractivity contribution in [2.75, 3.05) is 17.2 Å². The quantitative estimate of drug-likeness (QED) is 0.844. The highest BCUT2D eigenvalue weighted by atomic mass is 35.5. The van der Waals surface area contributed by atoms with Crippen molar-refractivity contribution < 1.29 is 0 Å². The predicted octanol–water partition coefficient (Wildman–Crippen LogP) is 4.15. The summed E-state index contributed by atoms with van der Waals surface area (Å²) in [4.78, 5) is 0. The zero-order valence-corrected chi connectivity index (χ0v) is 10.9. The second-order valence-electron chi connectivity index (χ2n) is 3.66. The molecule has 2 aromatic carbocycles. The molecule has 0 heterocycles. The molecule has 0 atom stereocenters. The Morgan fingerprint density at radius 3 is 1.94 bits per heavy atom. The van der Waals surface area contributed by atoms with Crippen LogP contribution in [0.3, 0.4) is 0 Å². The first-order chi connectivity index (χ1) is 8.45. The maximum atomic E-state index is 3.30. The lowest BCUT2D eigenvalue weighted by Gasteiger charge is -2.02. The van der Waals surface area contributed by atoms with E-state index in [0.29, 0.717) is 0 Å². The zero-order valence-electron chi connectivity index (χ0n) is 10.0. The lowest BCUT2D eigenvalue weighted by atomic mass is 10.3. The standard InChI is InChI=1S/C15H16N2.ClH/c1-3-8-14(9-4-1)16-12-7-13-17-15-10-5-2-6-11-15;/h1-12,16-17H,13H2;1H. The van der Waals surface area contributed by atoms with E-state index in [2.05, 4.69) is 28.8 Å². The molecule has 0 aliphatic carbocycles. The van der Waals surface area contributed by atoms with Gasteiger partial charge in [-0.3, -0.25) is 0 Å². The monoisotopic (exact) mass is 260 g/mol. The van der Waals surface area contributed by atoms with Gasteiger partial charge in [-0.1, -0.05) is 36.4 Å². The van der Waals surface area contributed by atoms with Crippen molar-refractivity contribution in [1.29, 1.82) is 0 Å². The van der Waals surface area contributed by atoms with E-state index in [0.717, 1.165) is 17.9 Å². The molecule has 2 rings (SSSR count). The smallest absolute Gasteiger partial charge is 0.0379 e. The van der Waals surface area contributed by atoms with Crippen molar-refractivity contribution in [1.82, 2.24) is 0 Å². The molecule has 0 aliphatic heterocycles. The second-order valence-corrected chi connectivity index (χ2v) is 3.66. The van der Waals surface area contributed by atoms with Crippen LogP contribution in [0.5, 0.6) is 0 Å². The topological polar surface area (TPSA) is 24.1 Å². The van der Waals surface area contributed by atoms with Gasteiger partial charge in [0.2, 0.25) is 0 Å². The average molecular weight is 261 g/mol. The van der Waals surface area contributed by atoms with Gasteiger partial charge in [0.1, 0.15) is 0 Å². The van der Waals surface area contributed by atoms with Crippen molar-refractivity contribution in [3.05, 3.63) is 72.9 Å². The second kappa shape index (κ2) is 8.20. The summed E-state index contributed by atoms with van der Waals surface area (Å²) in [5.41, 5.74) is 2.24. The molecule has 0 radical (unpaired) electrons. The Kier molecular flexibility index (Phi) is 6.44. The Morgan fingerprint density at radius 2 is 1.33 bits per heavy atom. The molecule has 2 aromatic rings. The van der Waals surface area contributed by atoms with Gasteiger partial charge < -0.3 is 10.6 Å². The van der Waals surface area contributed by atoms with E-state index in [9.17, 15) is 0 Å². The number of nitrogens with one attached hydrogen (secondary N) is 2. The highest BCUT2D eigenvalue weighted by Crippen LogP contribution is 2.05. The third kappa shape index (κ3) is 4.93. The van der Waals surface area contributed by atoms with Gasteiger partial charge in [-0.2, -0.15) is 0 Å². The molecular formula is C15H17ClN2. The summed E-state index contributed by atoms with van der Waals surface area (Å²) in [5, 5.41) is 6.51. The lowest BCUT2D eigenvalue weighted by molar-refractivity contribution is 1.33. The lowest BCUT2D eigenvalue weighted by Crippen LogP contribution is -1.98. The van der Waals surface area contributed by atoms with Gasteiger partial charge >= 0.3 is 0 Å². The summed E-state index contributed by atoms with van der Waals surface area (Å²) < 4.78 is 0. The summed E-state index contributed by atoms with van der Waals surface area (Å²) >= 11 is 0. The van der Waals surface area contributed by atoms with Gasteiger partial charge in [-0.15, -0.1) is 12.4 Å². The normalized spacial score (nSPS) is 9.78. The molecular weight excluding hydrogens is 244 g/mol. The molecule has 94 valence electrons. The van der Waals surface area contributed by atoms with Gasteiger partial charge in [0.05, 0.1) is 0 Å². The van der Waals surface area contributed by atoms with Gasteiger partial charge in [0.25, 0.3) is 0 Å². The number of benzene rings is 2. The number of halogens is 1. The maximum Gasteiger partial charge on any atom is 0.0379 e. The Hall–Kier alpha value is -1.93. The summed E-state index contributed by atoms with van der Waals surface area (Å²) in [5.74, 6) is 0. The van der Waals surface area contributed by atoms with Crippen molar-refractivity contribution in [3.8, 4) is 0 Å². The largest absolute Gasteiger partial charge is 0.382 e. The first-order valence-electron chi connectivity index (χ1n) is 5.71. The Bertz CT molecular complexity index is 454. The van der Waals surface area contributed by atoms with Gasteiger partial charge in [-0.05, 0) is 36.5 Å². The first-order valence-corrected chi connectivity index (χ1v) is 5.71. The summed E-state index contributed by atoms with van der Waals surface area (Å²) in [6.07, 6.45) is 4.01. The van der Waals surface area contributed by atoms with Crippen LogP contribution in [0, 0.1) is 0 Å². The van der Waals surface area contributed by atoms with Crippen LogP contribution in [0.1, 0.15) is 0 Å². The van der Waals surface area contributed by atoms with Gasteiger partial charge in [-0.25, -0.2) is 0 Å². The van der Waals surface area contributed by atoms with Crippen molar-refractivity contribution >= 4 is 23.8 Å². The summed E-state index contributed by atoms with van der Waals surface area (Å²) in [7, 11) is 0. The number of rotatable bonds is 5. The number of hydrogen-bond donors (Lipinski definition) is 2. The third-order valence-electron chi connectivity index (χ3n) is 2.34. The highest BCUT2D eigenvalue weighted by Gasteiger charge is 1.85. The first kappa shape index (κ1) is 14.1. The molecule has 0 saturated carbocycles. The van der Waals surface area contributed by atoms with Crippen LogP contribution < -0.4 is 10.6 Å². The fraction of sp³-hybridized carbons (Fsp3) is 0.0667. The van der Waals surface area contributed by atoms with Crippen LogP contribution >= 0.6 is 12.4 Å². The maximum absolute atomic E-state index is 3.30. The van der Waals surface area contributed by atoms with Crippen molar-refractivity contribution in [3.63, 3.8) is 0 Å². The Balaban J connectivity index is 0.00000162. The van der Waals surface area contributed by atoms with Crippen LogP contribution in [-0.2, 0) is 0 Å². The van der Waals surface area contributed by atoms with E-state index >= 15 is 0 Å². The molecule has 0 amide bonds. The molecule has 3 heteroatoms. The Morgan fingerprint density at radius 1 is 0.778 bits per heavy atom. The summed E-state index contributed by atoms with van der Waals surface area (Å²) in [6, 6.07) is 20.3. The number of para-hydroxylation sites is 2. The number of hydrogen-bond acceptors (Lipinski definition) is 2. The average Bonchev–Trinajstić information content (AvgIpc) is 2.41. The van der Waals surface area contributed by atoms with Crippen LogP contribution in [0.2, 0.25) is 0 Å². The number of anilines is 2. The van der Waals surface area contributed by atoms with Crippen LogP contribution in [0.25, 0.3) is 0 Å². The van der Waals surface area contributed by atoms with Crippen LogP contribution in [0.15, 0.2) is 72.9 Å². The van der Waals surface area contributed by atoms with E-state index in [4.69, 9.17) is 0 Å². The Labute approximate surface area is 114 Å². The minimum Gasteiger partial charge on any atom is -0.382 e. The van der Waals surface area contributed by atoms with Gasteiger partial charge in [0, 0.05) is 17.9 Å². The third-order valence-corrected chi connectivity index (χ3v) is 2.34. The molecule has 0 fully saturated rings. The molecule has 18 heavy (non-hydrogen) atoms. The fourth-order valence-corrected chi connectivity index (χ4v) is 1.48. The van der Waals surface area contributed by atoms with Gasteiger partial charge in [0.15, 0.2) is 0 Å². The molecule has 0 aromatic heterocycles. The van der Waals surface area contributed by atoms with E-state index in [1.54, 1.807) is 0 Å². The highest BCUT2D eigenvalue weighted by molar-refractivity contribution is 5.85. The molecule has 2 nitrogen and oxygen atoms in total. The minimum absolute atomic E-state index is 0. The minimum atomic E-state index is 0. The van der Waals surface area contributed by atoms with E-state index < -0.39 is 0 Å². The molecule has 0 saturated heterocycles. The van der Waals surface area contributed by atoms with E-state index in [1.807, 2.05) is 54.7 Å². The summed E-state index contributed by atoms with van der Waals surface area (Å²) in [6.45, 7) is 0.809.